The monoisotopic (exact) mass is 351 g/mol. The molecule has 1 N–H and O–H groups in total. The predicted molar refractivity (Wildman–Crippen MR) is 71.9 cm³/mol. The third kappa shape index (κ3) is 11.5. The summed E-state index contributed by atoms with van der Waals surface area (Å²) in [6.07, 6.45) is -5.52. The van der Waals surface area contributed by atoms with E-state index in [0.717, 1.165) is 24.1 Å². The fourth-order valence-electron chi connectivity index (χ4n) is 1.06. The standard InChI is InChI=1S/C12H15F6NO2S/c1-3-10(22-19-2)9(21-8-12(16,17)18)5-4-6-20-7-11(13,14)15/h3-5,19H,1,6-8H2,2H3/b5-4-,10-9-. The van der Waals surface area contributed by atoms with E-state index in [1.807, 2.05) is 0 Å². The van der Waals surface area contributed by atoms with Gasteiger partial charge >= 0.3 is 12.4 Å². The second kappa shape index (κ2) is 9.80. The number of hydrogen-bond donors (Lipinski definition) is 1. The molecule has 0 aromatic rings. The highest BCUT2D eigenvalue weighted by atomic mass is 32.2. The molecule has 0 rings (SSSR count). The topological polar surface area (TPSA) is 30.5 Å². The van der Waals surface area contributed by atoms with Gasteiger partial charge in [-0.15, -0.1) is 0 Å². The molecule has 0 saturated heterocycles. The van der Waals surface area contributed by atoms with E-state index in [9.17, 15) is 26.3 Å². The van der Waals surface area contributed by atoms with Crippen molar-refractivity contribution in [2.24, 2.45) is 0 Å². The lowest BCUT2D eigenvalue weighted by Crippen LogP contribution is -2.17. The van der Waals surface area contributed by atoms with Crippen LogP contribution in [0.1, 0.15) is 0 Å². The van der Waals surface area contributed by atoms with Gasteiger partial charge in [0.2, 0.25) is 0 Å². The number of ether oxygens (including phenoxy) is 2. The Morgan fingerprint density at radius 1 is 1.14 bits per heavy atom. The van der Waals surface area contributed by atoms with Crippen LogP contribution in [-0.4, -0.2) is 39.2 Å². The molecule has 0 saturated carbocycles. The minimum absolute atomic E-state index is 0.178. The largest absolute Gasteiger partial charge is 0.483 e. The van der Waals surface area contributed by atoms with E-state index < -0.39 is 32.2 Å². The van der Waals surface area contributed by atoms with Crippen molar-refractivity contribution in [1.29, 1.82) is 0 Å². The van der Waals surface area contributed by atoms with Gasteiger partial charge in [0.15, 0.2) is 6.61 Å². The van der Waals surface area contributed by atoms with Gasteiger partial charge in [-0.25, -0.2) is 0 Å². The van der Waals surface area contributed by atoms with Crippen LogP contribution in [0.4, 0.5) is 26.3 Å². The van der Waals surface area contributed by atoms with Crippen molar-refractivity contribution in [1.82, 2.24) is 4.72 Å². The van der Waals surface area contributed by atoms with Crippen molar-refractivity contribution in [3.8, 4) is 0 Å². The zero-order valence-electron chi connectivity index (χ0n) is 11.6. The van der Waals surface area contributed by atoms with Gasteiger partial charge in [0.25, 0.3) is 0 Å². The third-order valence-corrected chi connectivity index (χ3v) is 2.57. The first kappa shape index (κ1) is 20.9. The molecule has 0 aromatic carbocycles. The molecular formula is C12H15F6NO2S. The predicted octanol–water partition coefficient (Wildman–Crippen LogP) is 3.97. The number of alkyl halides is 6. The van der Waals surface area contributed by atoms with E-state index in [0.29, 0.717) is 0 Å². The molecule has 3 nitrogen and oxygen atoms in total. The van der Waals surface area contributed by atoms with Gasteiger partial charge in [0.05, 0.1) is 11.5 Å². The summed E-state index contributed by atoms with van der Waals surface area (Å²) in [5.74, 6) is -0.178. The minimum atomic E-state index is -4.54. The molecule has 22 heavy (non-hydrogen) atoms. The Balaban J connectivity index is 4.75. The first-order chi connectivity index (χ1) is 10.1. The van der Waals surface area contributed by atoms with Crippen LogP contribution in [0, 0.1) is 0 Å². The fraction of sp³-hybridized carbons (Fsp3) is 0.500. The summed E-state index contributed by atoms with van der Waals surface area (Å²) in [5, 5.41) is 0. The van der Waals surface area contributed by atoms with E-state index in [4.69, 9.17) is 0 Å². The number of nitrogens with one attached hydrogen (secondary N) is 1. The van der Waals surface area contributed by atoms with E-state index >= 15 is 0 Å². The van der Waals surface area contributed by atoms with Crippen molar-refractivity contribution in [2.45, 2.75) is 12.4 Å². The molecule has 0 aliphatic rings. The zero-order valence-corrected chi connectivity index (χ0v) is 12.4. The van der Waals surface area contributed by atoms with Gasteiger partial charge in [-0.2, -0.15) is 26.3 Å². The maximum atomic E-state index is 12.2. The maximum Gasteiger partial charge on any atom is 0.422 e. The number of halogens is 6. The van der Waals surface area contributed by atoms with Crippen LogP contribution >= 0.6 is 11.9 Å². The minimum Gasteiger partial charge on any atom is -0.483 e. The lowest BCUT2D eigenvalue weighted by atomic mass is 10.4. The lowest BCUT2D eigenvalue weighted by molar-refractivity contribution is -0.171. The molecule has 0 radical (unpaired) electrons. The summed E-state index contributed by atoms with van der Waals surface area (Å²) < 4.78 is 83.6. The van der Waals surface area contributed by atoms with Crippen molar-refractivity contribution < 1.29 is 35.8 Å². The summed E-state index contributed by atoms with van der Waals surface area (Å²) in [7, 11) is 1.53. The second-order valence-corrected chi connectivity index (χ2v) is 4.73. The summed E-state index contributed by atoms with van der Waals surface area (Å²) in [4.78, 5) is 0.249. The summed E-state index contributed by atoms with van der Waals surface area (Å²) in [6.45, 7) is 0.0291. The van der Waals surface area contributed by atoms with Crippen LogP contribution in [0.25, 0.3) is 0 Å². The van der Waals surface area contributed by atoms with E-state index in [1.54, 1.807) is 0 Å². The average molecular weight is 351 g/mol. The summed E-state index contributed by atoms with van der Waals surface area (Å²) in [5.41, 5.74) is 0. The molecule has 0 amide bonds. The molecule has 128 valence electrons. The van der Waals surface area contributed by atoms with E-state index in [-0.39, 0.29) is 10.7 Å². The first-order valence-corrected chi connectivity index (χ1v) is 6.61. The van der Waals surface area contributed by atoms with Crippen LogP contribution < -0.4 is 4.72 Å². The van der Waals surface area contributed by atoms with Gasteiger partial charge in [-0.1, -0.05) is 18.7 Å². The van der Waals surface area contributed by atoms with Crippen LogP contribution in [-0.2, 0) is 9.47 Å². The molecule has 0 aliphatic carbocycles. The highest BCUT2D eigenvalue weighted by Crippen LogP contribution is 2.23. The van der Waals surface area contributed by atoms with Crippen LogP contribution in [0.5, 0.6) is 0 Å². The average Bonchev–Trinajstić information content (AvgIpc) is 2.37. The molecule has 0 heterocycles. The number of rotatable bonds is 9. The van der Waals surface area contributed by atoms with Crippen molar-refractivity contribution in [2.75, 3.05) is 26.9 Å². The lowest BCUT2D eigenvalue weighted by Gasteiger charge is -2.13. The smallest absolute Gasteiger partial charge is 0.422 e. The molecule has 0 spiro atoms. The fourth-order valence-corrected chi connectivity index (χ4v) is 1.59. The van der Waals surface area contributed by atoms with Crippen LogP contribution in [0.15, 0.2) is 35.5 Å². The van der Waals surface area contributed by atoms with Gasteiger partial charge in [-0.3, -0.25) is 4.72 Å². The SMILES string of the molecule is C=C/C(SNC)=C(\C=C/COCC(F)(F)F)OCC(F)(F)F. The molecule has 0 aromatic heterocycles. The summed E-state index contributed by atoms with van der Waals surface area (Å²) in [6, 6.07) is 0. The van der Waals surface area contributed by atoms with Gasteiger partial charge in [0.1, 0.15) is 12.4 Å². The normalized spacial score (nSPS) is 14.1. The Labute approximate surface area is 128 Å². The molecule has 0 aliphatic heterocycles. The second-order valence-electron chi connectivity index (χ2n) is 3.68. The highest BCUT2D eigenvalue weighted by Gasteiger charge is 2.29. The maximum absolute atomic E-state index is 12.2. The Bertz CT molecular complexity index is 403. The van der Waals surface area contributed by atoms with Crippen LogP contribution in [0.3, 0.4) is 0 Å². The molecule has 0 unspecified atom stereocenters. The quantitative estimate of drug-likeness (QED) is 0.224. The Morgan fingerprint density at radius 2 is 1.73 bits per heavy atom. The van der Waals surface area contributed by atoms with Crippen LogP contribution in [0.2, 0.25) is 0 Å². The van der Waals surface area contributed by atoms with Gasteiger partial charge < -0.3 is 9.47 Å². The molecule has 0 fully saturated rings. The molecule has 0 bridgehead atoms. The third-order valence-electron chi connectivity index (χ3n) is 1.78. The Morgan fingerprint density at radius 3 is 2.18 bits per heavy atom. The first-order valence-electron chi connectivity index (χ1n) is 5.80. The van der Waals surface area contributed by atoms with E-state index in [2.05, 4.69) is 20.8 Å². The molecule has 10 heteroatoms. The zero-order chi connectivity index (χ0) is 17.2. The van der Waals surface area contributed by atoms with Gasteiger partial charge in [0, 0.05) is 0 Å². The highest BCUT2D eigenvalue weighted by molar-refractivity contribution is 8.01. The van der Waals surface area contributed by atoms with E-state index in [1.165, 1.54) is 13.1 Å². The van der Waals surface area contributed by atoms with Crippen molar-refractivity contribution in [3.05, 3.63) is 35.5 Å². The number of hydrogen-bond acceptors (Lipinski definition) is 4. The van der Waals surface area contributed by atoms with Crippen molar-refractivity contribution in [3.63, 3.8) is 0 Å². The van der Waals surface area contributed by atoms with Gasteiger partial charge in [-0.05, 0) is 25.1 Å². The molecule has 0 atom stereocenters. The summed E-state index contributed by atoms with van der Waals surface area (Å²) >= 11 is 0.950. The van der Waals surface area contributed by atoms with Crippen molar-refractivity contribution >= 4 is 11.9 Å². The Hall–Kier alpha value is -1.13. The number of allylic oxidation sites excluding steroid dienone is 2. The Kier molecular flexibility index (Phi) is 9.30. The molecular weight excluding hydrogens is 336 g/mol.